The van der Waals surface area contributed by atoms with E-state index in [9.17, 15) is 20.1 Å². The molecule has 0 saturated heterocycles. The Bertz CT molecular complexity index is 536. The smallest absolute Gasteiger partial charge is 0.303 e. The summed E-state index contributed by atoms with van der Waals surface area (Å²) in [5, 5.41) is 30.6. The summed E-state index contributed by atoms with van der Waals surface area (Å²) in [6, 6.07) is 0. The largest absolute Gasteiger partial charge is 0.481 e. The van der Waals surface area contributed by atoms with Gasteiger partial charge in [-0.3, -0.25) is 4.79 Å². The molecule has 1 aliphatic carbocycles. The Balaban J connectivity index is 3.05. The minimum Gasteiger partial charge on any atom is -0.481 e. The van der Waals surface area contributed by atoms with Crippen LogP contribution >= 0.6 is 0 Å². The van der Waals surface area contributed by atoms with Crippen LogP contribution in [0.4, 0.5) is 0 Å². The van der Waals surface area contributed by atoms with Gasteiger partial charge in [0.1, 0.15) is 0 Å². The highest BCUT2D eigenvalue weighted by molar-refractivity contribution is 6.74. The topological polar surface area (TPSA) is 87.0 Å². The molecule has 0 heterocycles. The van der Waals surface area contributed by atoms with Crippen LogP contribution in [0.2, 0.25) is 18.1 Å². The van der Waals surface area contributed by atoms with Gasteiger partial charge in [0.25, 0.3) is 0 Å². The fourth-order valence-electron chi connectivity index (χ4n) is 3.66. The number of hydrogen-bond acceptors (Lipinski definition) is 4. The molecule has 1 saturated carbocycles. The number of hydrogen-bond donors (Lipinski definition) is 3. The van der Waals surface area contributed by atoms with Gasteiger partial charge in [-0.2, -0.15) is 0 Å². The second-order valence-corrected chi connectivity index (χ2v) is 15.0. The Labute approximate surface area is 172 Å². The fourth-order valence-corrected chi connectivity index (χ4v) is 5.02. The zero-order valence-corrected chi connectivity index (χ0v) is 19.9. The van der Waals surface area contributed by atoms with Crippen LogP contribution in [-0.2, 0) is 9.22 Å². The Morgan fingerprint density at radius 3 is 2.32 bits per heavy atom. The van der Waals surface area contributed by atoms with E-state index >= 15 is 0 Å². The van der Waals surface area contributed by atoms with Crippen LogP contribution < -0.4 is 0 Å². The molecule has 0 radical (unpaired) electrons. The van der Waals surface area contributed by atoms with Gasteiger partial charge in [-0.05, 0) is 37.9 Å². The lowest BCUT2D eigenvalue weighted by molar-refractivity contribution is -0.139. The number of carboxylic acid groups (broad SMARTS) is 1. The maximum absolute atomic E-state index is 11.4. The zero-order valence-electron chi connectivity index (χ0n) is 18.9. The lowest BCUT2D eigenvalue weighted by Crippen LogP contribution is -2.45. The van der Waals surface area contributed by atoms with E-state index in [1.54, 1.807) is 13.0 Å². The summed E-state index contributed by atoms with van der Waals surface area (Å²) in [4.78, 5) is 11.4. The average Bonchev–Trinajstić information content (AvgIpc) is 2.78. The SMILES string of the molecule is CCCCCC(C)(O)C=C[C@H]1[C@H](CC(=O)O)[C@H](O)C[C@@H]1O[Si](C)(C)C(C)(C)C. The fraction of sp³-hybridized carbons (Fsp3) is 0.864. The van der Waals surface area contributed by atoms with E-state index in [-0.39, 0.29) is 23.5 Å². The van der Waals surface area contributed by atoms with Crippen LogP contribution in [0.1, 0.15) is 73.1 Å². The van der Waals surface area contributed by atoms with Gasteiger partial charge in [-0.1, -0.05) is 59.1 Å². The third kappa shape index (κ3) is 7.28. The molecule has 0 aliphatic heterocycles. The first-order valence-corrected chi connectivity index (χ1v) is 13.6. The van der Waals surface area contributed by atoms with Crippen molar-refractivity contribution in [3.05, 3.63) is 12.2 Å². The van der Waals surface area contributed by atoms with Gasteiger partial charge in [0.05, 0.1) is 24.2 Å². The molecular formula is C22H42O5Si. The van der Waals surface area contributed by atoms with Gasteiger partial charge >= 0.3 is 5.97 Å². The molecule has 0 aromatic carbocycles. The Morgan fingerprint density at radius 1 is 1.21 bits per heavy atom. The van der Waals surface area contributed by atoms with Crippen molar-refractivity contribution in [1.29, 1.82) is 0 Å². The quantitative estimate of drug-likeness (QED) is 0.273. The molecule has 5 atom stereocenters. The highest BCUT2D eigenvalue weighted by Crippen LogP contribution is 2.44. The highest BCUT2D eigenvalue weighted by Gasteiger charge is 2.47. The van der Waals surface area contributed by atoms with Crippen LogP contribution in [0, 0.1) is 11.8 Å². The second-order valence-electron chi connectivity index (χ2n) is 10.2. The van der Waals surface area contributed by atoms with Crippen LogP contribution in [0.25, 0.3) is 0 Å². The van der Waals surface area contributed by atoms with E-state index in [2.05, 4.69) is 40.8 Å². The number of carbonyl (C=O) groups is 1. The minimum absolute atomic E-state index is 0.0305. The number of aliphatic hydroxyl groups excluding tert-OH is 1. The number of rotatable bonds is 10. The molecule has 6 heteroatoms. The van der Waals surface area contributed by atoms with Crippen LogP contribution in [0.3, 0.4) is 0 Å². The van der Waals surface area contributed by atoms with E-state index in [0.29, 0.717) is 12.8 Å². The van der Waals surface area contributed by atoms with Gasteiger partial charge in [0.2, 0.25) is 0 Å². The molecule has 0 aromatic rings. The molecule has 0 spiro atoms. The number of carboxylic acids is 1. The number of unbranched alkanes of at least 4 members (excludes halogenated alkanes) is 2. The van der Waals surface area contributed by atoms with Crippen molar-refractivity contribution in [3.63, 3.8) is 0 Å². The minimum atomic E-state index is -2.07. The lowest BCUT2D eigenvalue weighted by Gasteiger charge is -2.40. The molecule has 164 valence electrons. The molecule has 0 amide bonds. The van der Waals surface area contributed by atoms with Crippen LogP contribution in [0.15, 0.2) is 12.2 Å². The third-order valence-corrected chi connectivity index (χ3v) is 11.0. The summed E-state index contributed by atoms with van der Waals surface area (Å²) in [6.07, 6.45) is 6.92. The Kier molecular flexibility index (Phi) is 8.94. The van der Waals surface area contributed by atoms with Crippen molar-refractivity contribution in [2.24, 2.45) is 11.8 Å². The first-order chi connectivity index (χ1) is 12.7. The molecule has 0 bridgehead atoms. The monoisotopic (exact) mass is 414 g/mol. The standard InChI is InChI=1S/C22H42O5Si/c1-8-9-10-12-22(5,26)13-11-16-17(14-20(24)25)18(23)15-19(16)27-28(6,7)21(2,3)4/h11,13,16-19,23,26H,8-10,12,14-15H2,1-7H3,(H,24,25)/t16-,17-,18+,19-,22?/m0/s1. The van der Waals surface area contributed by atoms with Crippen molar-refractivity contribution in [2.45, 2.75) is 109 Å². The van der Waals surface area contributed by atoms with E-state index in [1.165, 1.54) is 0 Å². The second kappa shape index (κ2) is 9.87. The predicted molar refractivity (Wildman–Crippen MR) is 116 cm³/mol. The van der Waals surface area contributed by atoms with Crippen molar-refractivity contribution in [2.75, 3.05) is 0 Å². The van der Waals surface area contributed by atoms with Gasteiger partial charge in [-0.15, -0.1) is 0 Å². The summed E-state index contributed by atoms with van der Waals surface area (Å²) in [7, 11) is -2.07. The van der Waals surface area contributed by atoms with Crippen molar-refractivity contribution >= 4 is 14.3 Å². The zero-order chi connectivity index (χ0) is 21.8. The average molecular weight is 415 g/mol. The van der Waals surface area contributed by atoms with E-state index < -0.39 is 31.9 Å². The molecule has 28 heavy (non-hydrogen) atoms. The van der Waals surface area contributed by atoms with E-state index in [0.717, 1.165) is 19.3 Å². The van der Waals surface area contributed by atoms with Crippen molar-refractivity contribution in [1.82, 2.24) is 0 Å². The molecule has 1 fully saturated rings. The maximum atomic E-state index is 11.4. The number of aliphatic hydroxyl groups is 2. The lowest BCUT2D eigenvalue weighted by atomic mass is 9.88. The summed E-state index contributed by atoms with van der Waals surface area (Å²) in [5.41, 5.74) is -0.933. The molecular weight excluding hydrogens is 372 g/mol. The number of aliphatic carboxylic acids is 1. The van der Waals surface area contributed by atoms with E-state index in [1.807, 2.05) is 6.08 Å². The highest BCUT2D eigenvalue weighted by atomic mass is 28.4. The van der Waals surface area contributed by atoms with Crippen molar-refractivity contribution in [3.8, 4) is 0 Å². The van der Waals surface area contributed by atoms with Gasteiger partial charge < -0.3 is 19.7 Å². The maximum Gasteiger partial charge on any atom is 0.303 e. The summed E-state index contributed by atoms with van der Waals surface area (Å²) < 4.78 is 6.57. The first-order valence-electron chi connectivity index (χ1n) is 10.7. The van der Waals surface area contributed by atoms with Gasteiger partial charge in [-0.25, -0.2) is 0 Å². The molecule has 1 aliphatic rings. The van der Waals surface area contributed by atoms with Gasteiger partial charge in [0.15, 0.2) is 8.32 Å². The van der Waals surface area contributed by atoms with Gasteiger partial charge in [0, 0.05) is 11.8 Å². The molecule has 0 aromatic heterocycles. The normalized spacial score (nSPS) is 28.6. The van der Waals surface area contributed by atoms with Crippen molar-refractivity contribution < 1.29 is 24.5 Å². The first kappa shape index (κ1) is 25.3. The molecule has 3 N–H and O–H groups in total. The summed E-state index contributed by atoms with van der Waals surface area (Å²) >= 11 is 0. The van der Waals surface area contributed by atoms with Crippen LogP contribution in [0.5, 0.6) is 0 Å². The van der Waals surface area contributed by atoms with Crippen LogP contribution in [-0.4, -0.2) is 47.4 Å². The third-order valence-electron chi connectivity index (χ3n) is 6.52. The molecule has 1 rings (SSSR count). The summed E-state index contributed by atoms with van der Waals surface area (Å²) in [6.45, 7) is 14.8. The summed E-state index contributed by atoms with van der Waals surface area (Å²) in [5.74, 6) is -1.52. The Hall–Kier alpha value is -0.693. The predicted octanol–water partition coefficient (Wildman–Crippen LogP) is 4.74. The van der Waals surface area contributed by atoms with E-state index in [4.69, 9.17) is 4.43 Å². The Morgan fingerprint density at radius 2 is 1.82 bits per heavy atom. The molecule has 5 nitrogen and oxygen atoms in total. The molecule has 1 unspecified atom stereocenters.